The Morgan fingerprint density at radius 1 is 1.27 bits per heavy atom. The average molecular weight is 370 g/mol. The molecule has 1 aliphatic carbocycles. The fraction of sp³-hybridized carbons (Fsp3) is 0.278. The molecule has 0 bridgehead atoms. The highest BCUT2D eigenvalue weighted by molar-refractivity contribution is 6.30. The van der Waals surface area contributed by atoms with Crippen LogP contribution < -0.4 is 5.32 Å². The molecule has 1 N–H and O–H groups in total. The van der Waals surface area contributed by atoms with Gasteiger partial charge in [-0.2, -0.15) is 14.8 Å². The Hall–Kier alpha value is -2.80. The van der Waals surface area contributed by atoms with E-state index in [1.54, 1.807) is 37.3 Å². The fourth-order valence-electron chi connectivity index (χ4n) is 3.18. The van der Waals surface area contributed by atoms with Crippen molar-refractivity contribution in [3.63, 3.8) is 0 Å². The largest absolute Gasteiger partial charge is 0.306 e. The summed E-state index contributed by atoms with van der Waals surface area (Å²) in [5, 5.41) is 7.69. The third-order valence-electron chi connectivity index (χ3n) is 4.45. The molecule has 2 aliphatic rings. The van der Waals surface area contributed by atoms with Crippen LogP contribution in [0.15, 0.2) is 40.3 Å². The topological polar surface area (TPSA) is 88.7 Å². The summed E-state index contributed by atoms with van der Waals surface area (Å²) >= 11 is 5.86. The number of aromatic nitrogens is 2. The number of aryl methyl sites for hydroxylation is 1. The number of nitrogens with one attached hydrogen (secondary N) is 1. The molecule has 0 saturated heterocycles. The lowest BCUT2D eigenvalue weighted by Crippen LogP contribution is -2.29. The number of fused-ring (bicyclic) bond motifs is 1. The summed E-state index contributed by atoms with van der Waals surface area (Å²) in [4.78, 5) is 33.3. The molecule has 1 aliphatic heterocycles. The van der Waals surface area contributed by atoms with E-state index in [1.807, 2.05) is 0 Å². The van der Waals surface area contributed by atoms with Crippen LogP contribution >= 0.6 is 11.6 Å². The lowest BCUT2D eigenvalue weighted by molar-refractivity contribution is -0.119. The third kappa shape index (κ3) is 3.06. The molecule has 1 saturated carbocycles. The van der Waals surface area contributed by atoms with Crippen LogP contribution in [0.1, 0.15) is 35.3 Å². The molecule has 4 rings (SSSR count). The maximum absolute atomic E-state index is 12.5. The average Bonchev–Trinajstić information content (AvgIpc) is 3.22. The molecule has 7 nitrogen and oxygen atoms in total. The van der Waals surface area contributed by atoms with Crippen molar-refractivity contribution in [3.8, 4) is 0 Å². The highest BCUT2D eigenvalue weighted by Crippen LogP contribution is 2.27. The molecule has 1 atom stereocenters. The van der Waals surface area contributed by atoms with E-state index in [2.05, 4.69) is 20.4 Å². The van der Waals surface area contributed by atoms with Gasteiger partial charge in [0.1, 0.15) is 5.82 Å². The zero-order chi connectivity index (χ0) is 18.3. The van der Waals surface area contributed by atoms with E-state index in [0.717, 1.165) is 25.0 Å². The van der Waals surface area contributed by atoms with Crippen molar-refractivity contribution in [1.82, 2.24) is 9.78 Å². The number of hydrogen-bond acceptors (Lipinski definition) is 4. The number of carbonyl (C=O) groups is 2. The van der Waals surface area contributed by atoms with Crippen LogP contribution in [0.3, 0.4) is 0 Å². The van der Waals surface area contributed by atoms with Gasteiger partial charge in [-0.05, 0) is 50.5 Å². The minimum atomic E-state index is -0.308. The van der Waals surface area contributed by atoms with Gasteiger partial charge in [0.25, 0.3) is 17.8 Å². The monoisotopic (exact) mass is 369 g/mol. The van der Waals surface area contributed by atoms with Gasteiger partial charge in [-0.25, -0.2) is 4.99 Å². The first-order valence-electron chi connectivity index (χ1n) is 8.35. The molecule has 1 fully saturated rings. The van der Waals surface area contributed by atoms with E-state index in [1.165, 1.54) is 4.68 Å². The van der Waals surface area contributed by atoms with Crippen LogP contribution in [0.25, 0.3) is 0 Å². The second-order valence-corrected chi connectivity index (χ2v) is 6.78. The molecule has 26 heavy (non-hydrogen) atoms. The number of amides is 2. The molecular formula is C18H16ClN5O2. The van der Waals surface area contributed by atoms with Crippen molar-refractivity contribution in [3.05, 3.63) is 46.6 Å². The van der Waals surface area contributed by atoms with Crippen molar-refractivity contribution < 1.29 is 9.59 Å². The number of aliphatic imine (C=N–C) groups is 2. The number of hydrogen-bond donors (Lipinski definition) is 1. The minimum Gasteiger partial charge on any atom is -0.306 e. The molecule has 1 aromatic carbocycles. The number of rotatable bonds is 2. The van der Waals surface area contributed by atoms with Crippen molar-refractivity contribution in [2.75, 3.05) is 5.32 Å². The second kappa shape index (κ2) is 6.49. The van der Waals surface area contributed by atoms with Crippen LogP contribution in [-0.4, -0.2) is 33.3 Å². The van der Waals surface area contributed by atoms with Gasteiger partial charge in [0.15, 0.2) is 0 Å². The maximum atomic E-state index is 12.5. The molecule has 0 radical (unpaired) electrons. The molecular weight excluding hydrogens is 354 g/mol. The van der Waals surface area contributed by atoms with Crippen molar-refractivity contribution >= 4 is 40.9 Å². The van der Waals surface area contributed by atoms with Gasteiger partial charge in [0.05, 0.1) is 11.6 Å². The SMILES string of the molecule is Cc1cc(NC(=O)c2ccc(Cl)cc2)n(C2=NC(=O)C3CCCC3=N2)n1. The molecule has 1 unspecified atom stereocenters. The zero-order valence-corrected chi connectivity index (χ0v) is 14.8. The van der Waals surface area contributed by atoms with Gasteiger partial charge in [-0.15, -0.1) is 0 Å². The van der Waals surface area contributed by atoms with E-state index < -0.39 is 0 Å². The van der Waals surface area contributed by atoms with Crippen LogP contribution in [0.2, 0.25) is 5.02 Å². The van der Waals surface area contributed by atoms with E-state index >= 15 is 0 Å². The number of carbonyl (C=O) groups excluding carboxylic acids is 2. The van der Waals surface area contributed by atoms with Crippen LogP contribution in [0, 0.1) is 12.8 Å². The Morgan fingerprint density at radius 3 is 2.81 bits per heavy atom. The molecule has 0 spiro atoms. The number of benzene rings is 1. The minimum absolute atomic E-state index is 0.189. The van der Waals surface area contributed by atoms with E-state index in [9.17, 15) is 9.59 Å². The van der Waals surface area contributed by atoms with Crippen LogP contribution in [-0.2, 0) is 4.79 Å². The Bertz CT molecular complexity index is 958. The first-order valence-corrected chi connectivity index (χ1v) is 8.73. The summed E-state index contributed by atoms with van der Waals surface area (Å²) in [6.45, 7) is 1.80. The number of anilines is 1. The summed E-state index contributed by atoms with van der Waals surface area (Å²) in [7, 11) is 0. The van der Waals surface area contributed by atoms with Gasteiger partial charge < -0.3 is 5.32 Å². The smallest absolute Gasteiger partial charge is 0.257 e. The molecule has 2 heterocycles. The lowest BCUT2D eigenvalue weighted by Gasteiger charge is -2.15. The Kier molecular flexibility index (Phi) is 4.16. The van der Waals surface area contributed by atoms with E-state index in [0.29, 0.717) is 22.1 Å². The predicted molar refractivity (Wildman–Crippen MR) is 99.0 cm³/mol. The second-order valence-electron chi connectivity index (χ2n) is 6.34. The summed E-state index contributed by atoms with van der Waals surface area (Å²) in [6, 6.07) is 8.28. The van der Waals surface area contributed by atoms with Gasteiger partial charge in [0.2, 0.25) is 0 Å². The summed E-state index contributed by atoms with van der Waals surface area (Å²) < 4.78 is 1.41. The third-order valence-corrected chi connectivity index (χ3v) is 4.70. The summed E-state index contributed by atoms with van der Waals surface area (Å²) in [5.41, 5.74) is 1.99. The van der Waals surface area contributed by atoms with Gasteiger partial charge >= 0.3 is 0 Å². The molecule has 2 aromatic rings. The zero-order valence-electron chi connectivity index (χ0n) is 14.1. The first kappa shape index (κ1) is 16.7. The lowest BCUT2D eigenvalue weighted by atomic mass is 10.1. The van der Waals surface area contributed by atoms with Crippen LogP contribution in [0.5, 0.6) is 0 Å². The normalized spacial score (nSPS) is 19.0. The first-order chi connectivity index (χ1) is 12.5. The van der Waals surface area contributed by atoms with Gasteiger partial charge in [0, 0.05) is 22.4 Å². The number of nitrogens with zero attached hydrogens (tertiary/aromatic N) is 4. The quantitative estimate of drug-likeness (QED) is 0.882. The fourth-order valence-corrected chi connectivity index (χ4v) is 3.31. The van der Waals surface area contributed by atoms with Gasteiger partial charge in [-0.1, -0.05) is 11.6 Å². The predicted octanol–water partition coefficient (Wildman–Crippen LogP) is 3.08. The highest BCUT2D eigenvalue weighted by atomic mass is 35.5. The van der Waals surface area contributed by atoms with Gasteiger partial charge in [-0.3, -0.25) is 9.59 Å². The molecule has 2 amide bonds. The Labute approximate surface area is 154 Å². The van der Waals surface area contributed by atoms with E-state index in [4.69, 9.17) is 11.6 Å². The summed E-state index contributed by atoms with van der Waals surface area (Å²) in [5.74, 6) is -0.0810. The van der Waals surface area contributed by atoms with Crippen molar-refractivity contribution in [2.45, 2.75) is 26.2 Å². The number of halogens is 1. The molecule has 1 aromatic heterocycles. The van der Waals surface area contributed by atoms with E-state index in [-0.39, 0.29) is 23.7 Å². The summed E-state index contributed by atoms with van der Waals surface area (Å²) in [6.07, 6.45) is 2.53. The van der Waals surface area contributed by atoms with Crippen LogP contribution in [0.4, 0.5) is 5.82 Å². The maximum Gasteiger partial charge on any atom is 0.257 e. The highest BCUT2D eigenvalue weighted by Gasteiger charge is 2.33. The molecule has 132 valence electrons. The van der Waals surface area contributed by atoms with Crippen molar-refractivity contribution in [2.24, 2.45) is 15.9 Å². The Balaban J connectivity index is 1.64. The standard InChI is InChI=1S/C18H16ClN5O2/c1-10-9-15(21-16(25)11-5-7-12(19)8-6-11)24(23-10)18-20-14-4-2-3-13(14)17(26)22-18/h5-9,13H,2-4H2,1H3,(H,21,25). The Morgan fingerprint density at radius 2 is 2.04 bits per heavy atom. The molecule has 8 heteroatoms. The van der Waals surface area contributed by atoms with Crippen molar-refractivity contribution in [1.29, 1.82) is 0 Å².